The van der Waals surface area contributed by atoms with Crippen LogP contribution in [0.15, 0.2) is 60.9 Å². The van der Waals surface area contributed by atoms with Crippen LogP contribution in [-0.4, -0.2) is 39.7 Å². The Labute approximate surface area is 314 Å². The summed E-state index contributed by atoms with van der Waals surface area (Å²) in [6, 6.07) is 6.96. The number of aliphatic carboxylic acids is 1. The zero-order valence-electron chi connectivity index (χ0n) is 28.2. The Balaban J connectivity index is 0.00000729. The number of nitrogens with zero attached hydrogens (tertiary/aromatic N) is 4. The van der Waals surface area contributed by atoms with Crippen LogP contribution >= 0.6 is 0 Å². The van der Waals surface area contributed by atoms with Crippen LogP contribution in [0.2, 0.25) is 0 Å². The first-order valence-corrected chi connectivity index (χ1v) is 15.2. The number of ether oxygens (including phenoxy) is 2. The average Bonchev–Trinajstić information content (AvgIpc) is 3.05. The van der Waals surface area contributed by atoms with Crippen LogP contribution in [0.25, 0.3) is 11.3 Å². The molecule has 4 aromatic rings. The van der Waals surface area contributed by atoms with E-state index >= 15 is 0 Å². The Morgan fingerprint density at radius 3 is 1.94 bits per heavy atom. The van der Waals surface area contributed by atoms with E-state index in [0.717, 1.165) is 30.6 Å². The van der Waals surface area contributed by atoms with Gasteiger partial charge in [0.2, 0.25) is 5.95 Å². The van der Waals surface area contributed by atoms with E-state index in [1.807, 2.05) is 13.8 Å². The van der Waals surface area contributed by atoms with E-state index < -0.39 is 59.8 Å². The molecular formula is C34H31F9N4NaO4+. The normalized spacial score (nSPS) is 12.0. The summed E-state index contributed by atoms with van der Waals surface area (Å²) in [6.07, 6.45) is -12.8. The number of carbonyl (C=O) groups is 1. The van der Waals surface area contributed by atoms with E-state index in [0.29, 0.717) is 17.8 Å². The van der Waals surface area contributed by atoms with Crippen LogP contribution in [0.1, 0.15) is 66.1 Å². The van der Waals surface area contributed by atoms with Crippen molar-refractivity contribution in [3.05, 3.63) is 94.4 Å². The van der Waals surface area contributed by atoms with Gasteiger partial charge in [-0.05, 0) is 65.9 Å². The van der Waals surface area contributed by atoms with Gasteiger partial charge in [0.05, 0.1) is 42.8 Å². The number of pyridine rings is 1. The zero-order chi connectivity index (χ0) is 37.7. The van der Waals surface area contributed by atoms with Crippen molar-refractivity contribution in [1.29, 1.82) is 0 Å². The average molecular weight is 754 g/mol. The summed E-state index contributed by atoms with van der Waals surface area (Å²) in [5.41, 5.74) is -4.00. The molecule has 4 rings (SSSR count). The molecule has 0 aliphatic rings. The number of hydrogen-bond acceptors (Lipinski definition) is 7. The second-order valence-electron chi connectivity index (χ2n) is 11.6. The van der Waals surface area contributed by atoms with E-state index in [4.69, 9.17) is 14.6 Å². The van der Waals surface area contributed by atoms with Crippen molar-refractivity contribution in [2.24, 2.45) is 0 Å². The molecule has 0 atom stereocenters. The fourth-order valence-corrected chi connectivity index (χ4v) is 4.95. The monoisotopic (exact) mass is 753 g/mol. The van der Waals surface area contributed by atoms with Gasteiger partial charge in [0.25, 0.3) is 0 Å². The Bertz CT molecular complexity index is 1800. The summed E-state index contributed by atoms with van der Waals surface area (Å²) >= 11 is 0. The third-order valence-electron chi connectivity index (χ3n) is 7.47. The number of hydrogen-bond donors (Lipinski definition) is 1. The summed E-state index contributed by atoms with van der Waals surface area (Å²) in [5.74, 6) is -1.23. The minimum atomic E-state index is -5.14. The summed E-state index contributed by atoms with van der Waals surface area (Å²) < 4.78 is 135. The quantitative estimate of drug-likeness (QED) is 0.0983. The second-order valence-corrected chi connectivity index (χ2v) is 11.6. The third-order valence-corrected chi connectivity index (χ3v) is 7.47. The standard InChI is InChI=1S/C34H31F9N4O4.Na/c1-19(2)27-8-9-28(50-3)30(46-27)26-14-22(32(35,36)37)7-6-21(26)18-47(31-44-15-25(16-45-31)51-10-4-5-29(48)49)17-20-11-23(33(38,39)40)13-24(12-20)34(41,42)43;/h6-9,11-16,19H,4-5,10,17-18H2,1-3H3,(H,48,49);/q;+1. The first-order valence-electron chi connectivity index (χ1n) is 15.2. The van der Waals surface area contributed by atoms with E-state index in [2.05, 4.69) is 15.0 Å². The van der Waals surface area contributed by atoms with Crippen LogP contribution in [0.3, 0.4) is 0 Å². The predicted octanol–water partition coefficient (Wildman–Crippen LogP) is 6.18. The molecule has 0 saturated carbocycles. The SMILES string of the molecule is COc1ccc(C(C)C)nc1-c1cc(C(F)(F)F)ccc1CN(Cc1cc(C(F)(F)F)cc(C(F)(F)F)c1)c1ncc(OCCCC(=O)O)cn1.[Na+]. The van der Waals surface area contributed by atoms with Crippen molar-refractivity contribution < 1.29 is 88.4 Å². The van der Waals surface area contributed by atoms with Gasteiger partial charge in [-0.1, -0.05) is 19.9 Å². The van der Waals surface area contributed by atoms with E-state index in [1.54, 1.807) is 6.07 Å². The molecule has 2 aromatic carbocycles. The number of methoxy groups -OCH3 is 1. The molecule has 2 aromatic heterocycles. The Kier molecular flexibility index (Phi) is 14.0. The van der Waals surface area contributed by atoms with Gasteiger partial charge in [-0.15, -0.1) is 0 Å². The van der Waals surface area contributed by atoms with Gasteiger partial charge in [0.15, 0.2) is 5.75 Å². The molecule has 18 heteroatoms. The van der Waals surface area contributed by atoms with Crippen molar-refractivity contribution >= 4 is 11.9 Å². The van der Waals surface area contributed by atoms with Crippen LogP contribution in [0.4, 0.5) is 45.5 Å². The molecule has 0 unspecified atom stereocenters. The third kappa shape index (κ3) is 11.2. The Hall–Kier alpha value is -4.09. The molecule has 0 spiro atoms. The number of carboxylic acids is 1. The summed E-state index contributed by atoms with van der Waals surface area (Å²) in [7, 11) is 1.29. The summed E-state index contributed by atoms with van der Waals surface area (Å²) in [6.45, 7) is 2.54. The number of alkyl halides is 9. The maximum Gasteiger partial charge on any atom is 1.00 e. The first kappa shape index (κ1) is 42.3. The predicted molar refractivity (Wildman–Crippen MR) is 166 cm³/mol. The van der Waals surface area contributed by atoms with Crippen LogP contribution in [0.5, 0.6) is 11.5 Å². The van der Waals surface area contributed by atoms with Crippen LogP contribution in [0, 0.1) is 0 Å². The van der Waals surface area contributed by atoms with Crippen molar-refractivity contribution in [3.8, 4) is 22.8 Å². The molecule has 0 aliphatic heterocycles. The molecular weight excluding hydrogens is 722 g/mol. The van der Waals surface area contributed by atoms with Gasteiger partial charge in [-0.2, -0.15) is 39.5 Å². The minimum absolute atomic E-state index is 0. The molecule has 0 bridgehead atoms. The van der Waals surface area contributed by atoms with Gasteiger partial charge >= 0.3 is 54.1 Å². The van der Waals surface area contributed by atoms with E-state index in [1.165, 1.54) is 18.1 Å². The number of benzene rings is 2. The fourth-order valence-electron chi connectivity index (χ4n) is 4.95. The molecule has 0 fully saturated rings. The maximum atomic E-state index is 14.0. The Morgan fingerprint density at radius 1 is 0.827 bits per heavy atom. The van der Waals surface area contributed by atoms with Crippen LogP contribution in [-0.2, 0) is 36.4 Å². The fraction of sp³-hybridized carbons (Fsp3) is 0.353. The number of rotatable bonds is 13. The van der Waals surface area contributed by atoms with Gasteiger partial charge in [0.1, 0.15) is 11.4 Å². The van der Waals surface area contributed by atoms with Crippen molar-refractivity contribution in [2.45, 2.75) is 64.2 Å². The molecule has 2 heterocycles. The van der Waals surface area contributed by atoms with Crippen molar-refractivity contribution in [1.82, 2.24) is 15.0 Å². The molecule has 274 valence electrons. The number of carboxylic acid groups (broad SMARTS) is 1. The molecule has 1 N–H and O–H groups in total. The first-order chi connectivity index (χ1) is 23.8. The molecule has 52 heavy (non-hydrogen) atoms. The molecule has 8 nitrogen and oxygen atoms in total. The molecule has 0 amide bonds. The summed E-state index contributed by atoms with van der Waals surface area (Å²) in [4.78, 5) is 24.8. The van der Waals surface area contributed by atoms with Gasteiger partial charge < -0.3 is 19.5 Å². The second kappa shape index (κ2) is 17.2. The van der Waals surface area contributed by atoms with Gasteiger partial charge in [0, 0.05) is 30.8 Å². The number of halogens is 9. The van der Waals surface area contributed by atoms with Crippen molar-refractivity contribution in [3.63, 3.8) is 0 Å². The number of aromatic nitrogens is 3. The van der Waals surface area contributed by atoms with Gasteiger partial charge in [-0.3, -0.25) is 4.79 Å². The van der Waals surface area contributed by atoms with E-state index in [-0.39, 0.29) is 95.3 Å². The van der Waals surface area contributed by atoms with Gasteiger partial charge in [-0.25, -0.2) is 15.0 Å². The molecule has 0 saturated heterocycles. The maximum absolute atomic E-state index is 14.0. The van der Waals surface area contributed by atoms with Crippen molar-refractivity contribution in [2.75, 3.05) is 18.6 Å². The van der Waals surface area contributed by atoms with Crippen LogP contribution < -0.4 is 43.9 Å². The number of anilines is 1. The largest absolute Gasteiger partial charge is 1.00 e. The Morgan fingerprint density at radius 2 is 1.42 bits per heavy atom. The smallest absolute Gasteiger partial charge is 0.494 e. The zero-order valence-corrected chi connectivity index (χ0v) is 30.2. The minimum Gasteiger partial charge on any atom is -0.494 e. The van der Waals surface area contributed by atoms with E-state index in [9.17, 15) is 44.3 Å². The topological polar surface area (TPSA) is 97.7 Å². The molecule has 0 radical (unpaired) electrons. The molecule has 0 aliphatic carbocycles. The summed E-state index contributed by atoms with van der Waals surface area (Å²) in [5, 5.41) is 8.81.